The monoisotopic (exact) mass is 624 g/mol. The smallest absolute Gasteiger partial charge is 0.311 e. The summed E-state index contributed by atoms with van der Waals surface area (Å²) in [6, 6.07) is 8.39. The highest BCUT2D eigenvalue weighted by Crippen LogP contribution is 2.36. The van der Waals surface area contributed by atoms with Crippen molar-refractivity contribution in [1.29, 1.82) is 0 Å². The molecule has 1 heterocycles. The zero-order valence-electron chi connectivity index (χ0n) is 27.5. The molecule has 0 N–H and O–H groups in total. The predicted octanol–water partition coefficient (Wildman–Crippen LogP) is 4.98. The second kappa shape index (κ2) is 13.5. The third-order valence-corrected chi connectivity index (χ3v) is 7.87. The molecule has 1 unspecified atom stereocenters. The molecule has 0 saturated carbocycles. The first-order valence-corrected chi connectivity index (χ1v) is 15.6. The van der Waals surface area contributed by atoms with Crippen molar-refractivity contribution in [2.45, 2.75) is 118 Å². The highest BCUT2D eigenvalue weighted by molar-refractivity contribution is 7.85. The van der Waals surface area contributed by atoms with Crippen molar-refractivity contribution in [3.05, 3.63) is 30.3 Å². The Morgan fingerprint density at radius 3 is 1.44 bits per heavy atom. The Kier molecular flexibility index (Phi) is 11.4. The summed E-state index contributed by atoms with van der Waals surface area (Å²) in [4.78, 5) is 52.9. The highest BCUT2D eigenvalue weighted by atomic mass is 32.2. The van der Waals surface area contributed by atoms with Gasteiger partial charge in [-0.25, -0.2) is 0 Å². The molecule has 6 atom stereocenters. The van der Waals surface area contributed by atoms with Crippen LogP contribution in [-0.2, 0) is 53.7 Å². The van der Waals surface area contributed by atoms with Crippen LogP contribution in [0.4, 0.5) is 0 Å². The molecule has 11 heteroatoms. The van der Waals surface area contributed by atoms with Crippen LogP contribution in [0.15, 0.2) is 35.2 Å². The summed E-state index contributed by atoms with van der Waals surface area (Å²) >= 11 is 0. The van der Waals surface area contributed by atoms with E-state index in [1.807, 2.05) is 0 Å². The molecule has 2 rings (SSSR count). The average Bonchev–Trinajstić information content (AvgIpc) is 2.87. The van der Waals surface area contributed by atoms with Gasteiger partial charge in [-0.15, -0.1) is 0 Å². The number of hydrogen-bond donors (Lipinski definition) is 0. The minimum absolute atomic E-state index is 0.362. The molecule has 1 aliphatic heterocycles. The summed E-state index contributed by atoms with van der Waals surface area (Å²) in [5, 5.41) is 0. The quantitative estimate of drug-likeness (QED) is 0.302. The van der Waals surface area contributed by atoms with Gasteiger partial charge in [-0.2, -0.15) is 0 Å². The van der Waals surface area contributed by atoms with Crippen molar-refractivity contribution in [2.24, 2.45) is 21.7 Å². The van der Waals surface area contributed by atoms with Crippen molar-refractivity contribution >= 4 is 34.7 Å². The zero-order chi connectivity index (χ0) is 33.1. The van der Waals surface area contributed by atoms with Gasteiger partial charge in [0.15, 0.2) is 23.7 Å². The topological polar surface area (TPSA) is 132 Å². The van der Waals surface area contributed by atoms with Gasteiger partial charge in [0.1, 0.15) is 12.7 Å². The molecule has 1 aromatic carbocycles. The van der Waals surface area contributed by atoms with Crippen molar-refractivity contribution in [1.82, 2.24) is 0 Å². The molecular weight excluding hydrogens is 576 g/mol. The standard InChI is InChI=1S/C32H48O10S/c1-29(2,3)25(33)38-18-20-21(40-26(34)30(4,5)6)22(41-27(35)31(7,8)9)23(42-28(36)32(10,11)12)24(39-20)43(37)19-16-14-13-15-17-19/h13-17,20-24H,18H2,1-12H3/t20-,21-,22+,23+,24-,43?/m1/s1. The summed E-state index contributed by atoms with van der Waals surface area (Å²) in [5.41, 5.74) is -5.21. The number of esters is 4. The van der Waals surface area contributed by atoms with E-state index in [1.165, 1.54) is 0 Å². The van der Waals surface area contributed by atoms with Gasteiger partial charge in [-0.05, 0) is 95.2 Å². The van der Waals surface area contributed by atoms with E-state index in [-0.39, 0.29) is 0 Å². The number of carbonyl (C=O) groups is 4. The normalized spacial score (nSPS) is 24.0. The van der Waals surface area contributed by atoms with E-state index in [1.54, 1.807) is 113 Å². The first kappa shape index (κ1) is 36.4. The van der Waals surface area contributed by atoms with E-state index in [0.717, 1.165) is 0 Å². The molecule has 0 amide bonds. The molecule has 0 radical (unpaired) electrons. The summed E-state index contributed by atoms with van der Waals surface area (Å²) in [6.45, 7) is 19.4. The summed E-state index contributed by atoms with van der Waals surface area (Å²) < 4.78 is 43.7. The van der Waals surface area contributed by atoms with Gasteiger partial charge in [0, 0.05) is 4.90 Å². The van der Waals surface area contributed by atoms with Crippen LogP contribution in [0.3, 0.4) is 0 Å². The predicted molar refractivity (Wildman–Crippen MR) is 160 cm³/mol. The molecule has 242 valence electrons. The number of carbonyl (C=O) groups excluding carboxylic acids is 4. The first-order chi connectivity index (χ1) is 19.4. The molecule has 43 heavy (non-hydrogen) atoms. The van der Waals surface area contributed by atoms with Gasteiger partial charge in [0.25, 0.3) is 0 Å². The van der Waals surface area contributed by atoms with Crippen LogP contribution >= 0.6 is 0 Å². The maximum Gasteiger partial charge on any atom is 0.311 e. The Hall–Kier alpha value is -2.79. The Morgan fingerprint density at radius 2 is 1.02 bits per heavy atom. The third kappa shape index (κ3) is 9.86. The zero-order valence-corrected chi connectivity index (χ0v) is 28.3. The minimum Gasteiger partial charge on any atom is -0.462 e. The van der Waals surface area contributed by atoms with Crippen LogP contribution in [-0.4, -0.2) is 64.5 Å². The average molecular weight is 625 g/mol. The molecule has 1 fully saturated rings. The first-order valence-electron chi connectivity index (χ1n) is 14.4. The van der Waals surface area contributed by atoms with Crippen LogP contribution in [0, 0.1) is 21.7 Å². The van der Waals surface area contributed by atoms with Crippen LogP contribution in [0.5, 0.6) is 0 Å². The highest BCUT2D eigenvalue weighted by Gasteiger charge is 2.56. The Morgan fingerprint density at radius 1 is 0.628 bits per heavy atom. The molecule has 1 aromatic rings. The van der Waals surface area contributed by atoms with Crippen LogP contribution < -0.4 is 0 Å². The van der Waals surface area contributed by atoms with E-state index in [9.17, 15) is 23.4 Å². The number of benzene rings is 1. The van der Waals surface area contributed by atoms with Gasteiger partial charge >= 0.3 is 23.9 Å². The number of hydrogen-bond acceptors (Lipinski definition) is 10. The lowest BCUT2D eigenvalue weighted by molar-refractivity contribution is -0.246. The Bertz CT molecular complexity index is 1180. The lowest BCUT2D eigenvalue weighted by atomic mass is 9.93. The molecule has 0 bridgehead atoms. The van der Waals surface area contributed by atoms with Crippen molar-refractivity contribution in [2.75, 3.05) is 6.61 Å². The largest absolute Gasteiger partial charge is 0.462 e. The Balaban J connectivity index is 2.76. The van der Waals surface area contributed by atoms with E-state index in [4.69, 9.17) is 23.7 Å². The summed E-state index contributed by atoms with van der Waals surface area (Å²) in [6.07, 6.45) is -5.51. The lowest BCUT2D eigenvalue weighted by Gasteiger charge is -2.45. The van der Waals surface area contributed by atoms with Crippen LogP contribution in [0.2, 0.25) is 0 Å². The molecule has 1 aliphatic rings. The van der Waals surface area contributed by atoms with E-state index in [2.05, 4.69) is 0 Å². The SMILES string of the molecule is CC(C)(C)C(=O)OC[C@H]1O[C@H](S(=O)c2ccccc2)[C@@H](OC(=O)C(C)(C)C)[C@@H](OC(=O)C(C)(C)C)[C@@H]1OC(=O)C(C)(C)C. The maximum atomic E-state index is 14.0. The van der Waals surface area contributed by atoms with Gasteiger partial charge < -0.3 is 23.7 Å². The van der Waals surface area contributed by atoms with E-state index < -0.39 is 92.8 Å². The van der Waals surface area contributed by atoms with E-state index >= 15 is 0 Å². The summed E-state index contributed by atoms with van der Waals surface area (Å²) in [5.74, 6) is -2.56. The minimum atomic E-state index is -1.97. The maximum absolute atomic E-state index is 14.0. The fourth-order valence-electron chi connectivity index (χ4n) is 3.55. The second-order valence-electron chi connectivity index (χ2n) is 14.9. The van der Waals surface area contributed by atoms with Gasteiger partial charge in [-0.1, -0.05) is 18.2 Å². The Labute approximate surface area is 258 Å². The van der Waals surface area contributed by atoms with Crippen molar-refractivity contribution in [3.63, 3.8) is 0 Å². The lowest BCUT2D eigenvalue weighted by Crippen LogP contribution is -2.64. The molecule has 10 nitrogen and oxygen atoms in total. The third-order valence-electron chi connectivity index (χ3n) is 6.34. The van der Waals surface area contributed by atoms with Gasteiger partial charge in [-0.3, -0.25) is 23.4 Å². The molecular formula is C32H48O10S. The molecule has 0 spiro atoms. The van der Waals surface area contributed by atoms with Crippen molar-refractivity contribution in [3.8, 4) is 0 Å². The van der Waals surface area contributed by atoms with Crippen LogP contribution in [0.1, 0.15) is 83.1 Å². The number of rotatable bonds is 7. The number of ether oxygens (including phenoxy) is 5. The molecule has 0 aliphatic carbocycles. The van der Waals surface area contributed by atoms with Gasteiger partial charge in [0.2, 0.25) is 0 Å². The summed E-state index contributed by atoms with van der Waals surface area (Å²) in [7, 11) is -1.97. The fourth-order valence-corrected chi connectivity index (χ4v) is 4.94. The molecule has 0 aromatic heterocycles. The van der Waals surface area contributed by atoms with Crippen LogP contribution in [0.25, 0.3) is 0 Å². The molecule has 1 saturated heterocycles. The van der Waals surface area contributed by atoms with Crippen molar-refractivity contribution < 1.29 is 47.1 Å². The van der Waals surface area contributed by atoms with Gasteiger partial charge in [0.05, 0.1) is 32.5 Å². The second-order valence-corrected chi connectivity index (χ2v) is 16.4. The fraction of sp³-hybridized carbons (Fsp3) is 0.688. The van der Waals surface area contributed by atoms with E-state index in [0.29, 0.717) is 4.90 Å².